The molecule has 2 rings (SSSR count). The highest BCUT2D eigenvalue weighted by Gasteiger charge is 2.19. The number of carbonyl (C=O) groups excluding carboxylic acids is 1. The second-order valence-corrected chi connectivity index (χ2v) is 5.48. The van der Waals surface area contributed by atoms with Gasteiger partial charge in [0.25, 0.3) is 0 Å². The van der Waals surface area contributed by atoms with E-state index in [1.807, 2.05) is 43.1 Å². The van der Waals surface area contributed by atoms with Crippen molar-refractivity contribution in [3.63, 3.8) is 0 Å². The van der Waals surface area contributed by atoms with Crippen LogP contribution in [0.2, 0.25) is 0 Å². The molecule has 0 aliphatic heterocycles. The van der Waals surface area contributed by atoms with Gasteiger partial charge in [0.05, 0.1) is 12.1 Å². The van der Waals surface area contributed by atoms with E-state index in [4.69, 9.17) is 0 Å². The minimum atomic E-state index is 0.115. The first-order valence-corrected chi connectivity index (χ1v) is 7.40. The molecule has 1 heterocycles. The molecule has 1 N–H and O–H groups in total. The van der Waals surface area contributed by atoms with Gasteiger partial charge in [0, 0.05) is 18.8 Å². The van der Waals surface area contributed by atoms with Crippen LogP contribution in [-0.2, 0) is 17.6 Å². The van der Waals surface area contributed by atoms with Crippen molar-refractivity contribution in [2.75, 3.05) is 7.05 Å². The summed E-state index contributed by atoms with van der Waals surface area (Å²) in [7, 11) is 1.89. The third-order valence-electron chi connectivity index (χ3n) is 3.82. The number of nitrogens with zero attached hydrogens (tertiary/aromatic N) is 2. The van der Waals surface area contributed by atoms with Crippen molar-refractivity contribution < 1.29 is 4.79 Å². The molecule has 0 bridgehead atoms. The molecule has 1 aromatic carbocycles. The lowest BCUT2D eigenvalue weighted by Gasteiger charge is -2.27. The van der Waals surface area contributed by atoms with Gasteiger partial charge in [0.15, 0.2) is 0 Å². The van der Waals surface area contributed by atoms with Crippen LogP contribution in [0.1, 0.15) is 30.3 Å². The van der Waals surface area contributed by atoms with E-state index in [1.54, 1.807) is 0 Å². The molecule has 0 aliphatic carbocycles. The fourth-order valence-electron chi connectivity index (χ4n) is 2.49. The van der Waals surface area contributed by atoms with Gasteiger partial charge in [-0.25, -0.2) is 0 Å². The van der Waals surface area contributed by atoms with Gasteiger partial charge in [-0.2, -0.15) is 5.10 Å². The van der Waals surface area contributed by atoms with Crippen LogP contribution < -0.4 is 0 Å². The van der Waals surface area contributed by atoms with Crippen LogP contribution in [0.4, 0.5) is 0 Å². The number of carbonyl (C=O) groups is 1. The number of aromatic amines is 1. The Morgan fingerprint density at radius 1 is 1.33 bits per heavy atom. The number of benzene rings is 1. The molecule has 4 nitrogen and oxygen atoms in total. The molecule has 0 radical (unpaired) electrons. The summed E-state index contributed by atoms with van der Waals surface area (Å²) < 4.78 is 0. The number of aromatic nitrogens is 2. The number of hydrogen-bond donors (Lipinski definition) is 1. The zero-order chi connectivity index (χ0) is 15.2. The molecule has 0 saturated carbocycles. The smallest absolute Gasteiger partial charge is 0.228 e. The molecule has 1 atom stereocenters. The molecule has 2 aromatic rings. The van der Waals surface area contributed by atoms with E-state index in [2.05, 4.69) is 29.3 Å². The van der Waals surface area contributed by atoms with Crippen LogP contribution in [0, 0.1) is 6.92 Å². The second kappa shape index (κ2) is 7.07. The maximum Gasteiger partial charge on any atom is 0.228 e. The lowest BCUT2D eigenvalue weighted by Crippen LogP contribution is -2.39. The molecule has 1 aromatic heterocycles. The van der Waals surface area contributed by atoms with E-state index < -0.39 is 0 Å². The quantitative estimate of drug-likeness (QED) is 0.887. The molecule has 4 heteroatoms. The van der Waals surface area contributed by atoms with E-state index >= 15 is 0 Å². The summed E-state index contributed by atoms with van der Waals surface area (Å²) in [6.07, 6.45) is 2.18. The van der Waals surface area contributed by atoms with E-state index in [-0.39, 0.29) is 11.9 Å². The summed E-state index contributed by atoms with van der Waals surface area (Å²) in [5.41, 5.74) is 3.05. The van der Waals surface area contributed by atoms with Crippen molar-refractivity contribution in [1.29, 1.82) is 0 Å². The van der Waals surface area contributed by atoms with Gasteiger partial charge in [0.2, 0.25) is 5.91 Å². The molecule has 112 valence electrons. The molecule has 1 amide bonds. The maximum atomic E-state index is 12.4. The van der Waals surface area contributed by atoms with Crippen molar-refractivity contribution in [3.05, 3.63) is 53.3 Å². The Kier molecular flexibility index (Phi) is 5.14. The fourth-order valence-corrected chi connectivity index (χ4v) is 2.49. The highest BCUT2D eigenvalue weighted by atomic mass is 16.2. The Labute approximate surface area is 126 Å². The minimum Gasteiger partial charge on any atom is -0.342 e. The maximum absolute atomic E-state index is 12.4. The van der Waals surface area contributed by atoms with Crippen molar-refractivity contribution in [2.24, 2.45) is 0 Å². The first-order valence-electron chi connectivity index (χ1n) is 7.40. The van der Waals surface area contributed by atoms with Gasteiger partial charge in [-0.05, 0) is 31.4 Å². The zero-order valence-electron chi connectivity index (χ0n) is 13.0. The first-order chi connectivity index (χ1) is 10.1. The zero-order valence-corrected chi connectivity index (χ0v) is 13.0. The number of likely N-dealkylation sites (N-methyl/N-ethyl adjacent to an activating group) is 1. The van der Waals surface area contributed by atoms with E-state index in [9.17, 15) is 4.79 Å². The van der Waals surface area contributed by atoms with Gasteiger partial charge in [0.1, 0.15) is 0 Å². The molecular weight excluding hydrogens is 262 g/mol. The van der Waals surface area contributed by atoms with Gasteiger partial charge in [-0.15, -0.1) is 0 Å². The Balaban J connectivity index is 1.98. The van der Waals surface area contributed by atoms with E-state index in [1.165, 1.54) is 5.56 Å². The molecule has 0 fully saturated rings. The lowest BCUT2D eigenvalue weighted by molar-refractivity contribution is -0.131. The molecule has 21 heavy (non-hydrogen) atoms. The Hall–Kier alpha value is -2.10. The first kappa shape index (κ1) is 15.3. The SMILES string of the molecule is CCC(Cc1ccccc1)N(C)C(=O)Cc1cc(C)[nH]n1. The number of rotatable bonds is 6. The standard InChI is InChI=1S/C17H23N3O/c1-4-16(11-14-8-6-5-7-9-14)20(3)17(21)12-15-10-13(2)18-19-15/h5-10,16H,4,11-12H2,1-3H3,(H,18,19). The highest BCUT2D eigenvalue weighted by Crippen LogP contribution is 2.12. The van der Waals surface area contributed by atoms with Gasteiger partial charge < -0.3 is 4.90 Å². The second-order valence-electron chi connectivity index (χ2n) is 5.48. The normalized spacial score (nSPS) is 12.1. The molecule has 0 saturated heterocycles. The van der Waals surface area contributed by atoms with Crippen LogP contribution in [0.15, 0.2) is 36.4 Å². The summed E-state index contributed by atoms with van der Waals surface area (Å²) >= 11 is 0. The van der Waals surface area contributed by atoms with Crippen LogP contribution >= 0.6 is 0 Å². The molecule has 0 aliphatic rings. The highest BCUT2D eigenvalue weighted by molar-refractivity contribution is 5.78. The Morgan fingerprint density at radius 2 is 2.05 bits per heavy atom. The Morgan fingerprint density at radius 3 is 2.62 bits per heavy atom. The average Bonchev–Trinajstić information content (AvgIpc) is 2.90. The van der Waals surface area contributed by atoms with Crippen LogP contribution in [0.25, 0.3) is 0 Å². The number of aryl methyl sites for hydroxylation is 1. The number of hydrogen-bond acceptors (Lipinski definition) is 2. The van der Waals surface area contributed by atoms with E-state index in [0.29, 0.717) is 6.42 Å². The third-order valence-corrected chi connectivity index (χ3v) is 3.82. The van der Waals surface area contributed by atoms with Crippen LogP contribution in [-0.4, -0.2) is 34.1 Å². The Bertz CT molecular complexity index is 577. The predicted octanol–water partition coefficient (Wildman–Crippen LogP) is 2.74. The number of nitrogens with one attached hydrogen (secondary N) is 1. The summed E-state index contributed by atoms with van der Waals surface area (Å²) in [6, 6.07) is 12.5. The summed E-state index contributed by atoms with van der Waals surface area (Å²) in [5, 5.41) is 7.01. The minimum absolute atomic E-state index is 0.115. The van der Waals surface area contributed by atoms with Gasteiger partial charge in [-0.1, -0.05) is 37.3 Å². The molecule has 0 spiro atoms. The van der Waals surface area contributed by atoms with Crippen molar-refractivity contribution in [1.82, 2.24) is 15.1 Å². The largest absolute Gasteiger partial charge is 0.342 e. The monoisotopic (exact) mass is 285 g/mol. The average molecular weight is 285 g/mol. The van der Waals surface area contributed by atoms with Crippen molar-refractivity contribution >= 4 is 5.91 Å². The third kappa shape index (κ3) is 4.18. The van der Waals surface area contributed by atoms with Crippen molar-refractivity contribution in [2.45, 2.75) is 39.2 Å². The van der Waals surface area contributed by atoms with Crippen LogP contribution in [0.3, 0.4) is 0 Å². The number of H-pyrrole nitrogens is 1. The fraction of sp³-hybridized carbons (Fsp3) is 0.412. The lowest BCUT2D eigenvalue weighted by atomic mass is 10.0. The van der Waals surface area contributed by atoms with Gasteiger partial charge in [-0.3, -0.25) is 9.89 Å². The molecule has 1 unspecified atom stereocenters. The van der Waals surface area contributed by atoms with Crippen LogP contribution in [0.5, 0.6) is 0 Å². The van der Waals surface area contributed by atoms with E-state index in [0.717, 1.165) is 24.2 Å². The molecular formula is C17H23N3O. The van der Waals surface area contributed by atoms with Crippen molar-refractivity contribution in [3.8, 4) is 0 Å². The topological polar surface area (TPSA) is 49.0 Å². The number of amides is 1. The summed E-state index contributed by atoms with van der Waals surface area (Å²) in [4.78, 5) is 14.2. The summed E-state index contributed by atoms with van der Waals surface area (Å²) in [5.74, 6) is 0.115. The predicted molar refractivity (Wildman–Crippen MR) is 84.0 cm³/mol. The van der Waals surface area contributed by atoms with Gasteiger partial charge >= 0.3 is 0 Å². The summed E-state index contributed by atoms with van der Waals surface area (Å²) in [6.45, 7) is 4.06.